The number of benzene rings is 3. The molecule has 3 aromatic rings. The fourth-order valence-corrected chi connectivity index (χ4v) is 5.86. The molecule has 0 spiro atoms. The number of hydrogen-bond donors (Lipinski definition) is 3. The highest BCUT2D eigenvalue weighted by atomic mass is 15.4. The number of para-hydroxylation sites is 1. The largest absolute Gasteiger partial charge is 0.374 e. The van der Waals surface area contributed by atoms with E-state index in [4.69, 9.17) is 0 Å². The number of dihydropyridines is 1. The van der Waals surface area contributed by atoms with Crippen molar-refractivity contribution in [1.29, 1.82) is 0 Å². The molecule has 37 heavy (non-hydrogen) atoms. The third-order valence-corrected chi connectivity index (χ3v) is 7.44. The molecule has 3 aromatic carbocycles. The molecule has 3 atom stereocenters. The van der Waals surface area contributed by atoms with E-state index in [1.165, 1.54) is 50.5 Å². The zero-order valence-corrected chi connectivity index (χ0v) is 21.9. The smallest absolute Gasteiger partial charge is 0.129 e. The van der Waals surface area contributed by atoms with Crippen LogP contribution in [0, 0.1) is 13.8 Å². The lowest BCUT2D eigenvalue weighted by atomic mass is 9.96. The van der Waals surface area contributed by atoms with Gasteiger partial charge in [0.05, 0.1) is 11.7 Å². The van der Waals surface area contributed by atoms with E-state index >= 15 is 0 Å². The predicted molar refractivity (Wildman–Crippen MR) is 153 cm³/mol. The summed E-state index contributed by atoms with van der Waals surface area (Å²) in [5.41, 5.74) is 12.3. The molecule has 186 valence electrons. The Bertz CT molecular complexity index is 1450. The van der Waals surface area contributed by atoms with Gasteiger partial charge in [-0.25, -0.2) is 0 Å². The van der Waals surface area contributed by atoms with Crippen LogP contribution in [0.4, 0.5) is 5.69 Å². The van der Waals surface area contributed by atoms with Crippen LogP contribution >= 0.6 is 0 Å². The Morgan fingerprint density at radius 2 is 1.59 bits per heavy atom. The van der Waals surface area contributed by atoms with Crippen LogP contribution < -0.4 is 16.0 Å². The van der Waals surface area contributed by atoms with Gasteiger partial charge in [0, 0.05) is 22.6 Å². The molecule has 6 rings (SSSR count). The topological polar surface area (TPSA) is 39.3 Å². The maximum absolute atomic E-state index is 3.83. The number of nitrogens with zero attached hydrogens (tertiary/aromatic N) is 1. The fourth-order valence-electron chi connectivity index (χ4n) is 5.86. The van der Waals surface area contributed by atoms with Crippen molar-refractivity contribution in [2.75, 3.05) is 5.32 Å². The van der Waals surface area contributed by atoms with Crippen molar-refractivity contribution in [3.8, 4) is 0 Å². The molecule has 4 heteroatoms. The molecule has 0 saturated carbocycles. The van der Waals surface area contributed by atoms with E-state index in [-0.39, 0.29) is 18.4 Å². The second kappa shape index (κ2) is 9.36. The van der Waals surface area contributed by atoms with Crippen molar-refractivity contribution < 1.29 is 0 Å². The molecule has 3 unspecified atom stereocenters. The summed E-state index contributed by atoms with van der Waals surface area (Å²) >= 11 is 0. The van der Waals surface area contributed by atoms with Crippen LogP contribution in [0.3, 0.4) is 0 Å². The van der Waals surface area contributed by atoms with E-state index in [0.717, 1.165) is 5.70 Å². The minimum absolute atomic E-state index is 0.00551. The average Bonchev–Trinajstić information content (AvgIpc) is 3.24. The van der Waals surface area contributed by atoms with Gasteiger partial charge < -0.3 is 20.9 Å². The Morgan fingerprint density at radius 1 is 0.784 bits per heavy atom. The molecule has 0 amide bonds. The van der Waals surface area contributed by atoms with Gasteiger partial charge >= 0.3 is 0 Å². The molecule has 0 aromatic heterocycles. The molecule has 0 bridgehead atoms. The normalized spacial score (nSPS) is 22.2. The highest BCUT2D eigenvalue weighted by Gasteiger charge is 2.40. The third kappa shape index (κ3) is 4.23. The van der Waals surface area contributed by atoms with E-state index in [1.807, 2.05) is 0 Å². The molecule has 0 aliphatic carbocycles. The van der Waals surface area contributed by atoms with Crippen molar-refractivity contribution in [3.05, 3.63) is 142 Å². The number of nitrogens with one attached hydrogen (secondary N) is 3. The molecule has 0 fully saturated rings. The molecule has 3 aliphatic rings. The fraction of sp³-hybridized carbons (Fsp3) is 0.212. The van der Waals surface area contributed by atoms with Crippen LogP contribution in [-0.2, 0) is 0 Å². The van der Waals surface area contributed by atoms with Gasteiger partial charge in [0.15, 0.2) is 0 Å². The summed E-state index contributed by atoms with van der Waals surface area (Å²) in [6, 6.07) is 24.5. The molecule has 0 saturated heterocycles. The Kier molecular flexibility index (Phi) is 5.88. The summed E-state index contributed by atoms with van der Waals surface area (Å²) in [5, 5.41) is 11.4. The highest BCUT2D eigenvalue weighted by Crippen LogP contribution is 2.46. The second-order valence-corrected chi connectivity index (χ2v) is 10.2. The van der Waals surface area contributed by atoms with Crippen molar-refractivity contribution >= 4 is 11.4 Å². The number of fused-ring (bicyclic) bond motifs is 3. The number of allylic oxidation sites excluding steroid dienone is 5. The molecule has 0 radical (unpaired) electrons. The highest BCUT2D eigenvalue weighted by molar-refractivity contribution is 5.69. The first-order chi connectivity index (χ1) is 18.0. The monoisotopic (exact) mass is 486 g/mol. The number of aryl methyl sites for hydroxylation is 2. The third-order valence-electron chi connectivity index (χ3n) is 7.44. The van der Waals surface area contributed by atoms with Crippen molar-refractivity contribution in [3.63, 3.8) is 0 Å². The maximum Gasteiger partial charge on any atom is 0.129 e. The van der Waals surface area contributed by atoms with Crippen LogP contribution in [0.2, 0.25) is 0 Å². The number of anilines is 1. The lowest BCUT2D eigenvalue weighted by Gasteiger charge is -2.42. The van der Waals surface area contributed by atoms with Gasteiger partial charge in [-0.05, 0) is 68.7 Å². The lowest BCUT2D eigenvalue weighted by molar-refractivity contribution is 0.204. The van der Waals surface area contributed by atoms with Gasteiger partial charge in [0.2, 0.25) is 0 Å². The molecular formula is C33H34N4. The first-order valence-electron chi connectivity index (χ1n) is 13.1. The van der Waals surface area contributed by atoms with E-state index in [1.54, 1.807) is 0 Å². The first-order valence-corrected chi connectivity index (χ1v) is 13.1. The molecule has 3 N–H and O–H groups in total. The summed E-state index contributed by atoms with van der Waals surface area (Å²) in [7, 11) is 0. The van der Waals surface area contributed by atoms with Gasteiger partial charge in [-0.3, -0.25) is 0 Å². The molecule has 3 aliphatic heterocycles. The Balaban J connectivity index is 1.35. The zero-order valence-electron chi connectivity index (χ0n) is 21.9. The summed E-state index contributed by atoms with van der Waals surface area (Å²) in [5.74, 6) is 0. The first kappa shape index (κ1) is 23.2. The van der Waals surface area contributed by atoms with Crippen molar-refractivity contribution in [2.45, 2.75) is 46.1 Å². The number of rotatable bonds is 4. The lowest BCUT2D eigenvalue weighted by Crippen LogP contribution is -2.40. The Labute approximate surface area is 220 Å². The van der Waals surface area contributed by atoms with Gasteiger partial charge in [-0.2, -0.15) is 0 Å². The Hall–Kier alpha value is -4.18. The molecule has 3 heterocycles. The quantitative estimate of drug-likeness (QED) is 0.360. The van der Waals surface area contributed by atoms with Gasteiger partial charge in [0.25, 0.3) is 0 Å². The van der Waals surface area contributed by atoms with Gasteiger partial charge in [0.1, 0.15) is 12.3 Å². The van der Waals surface area contributed by atoms with E-state index in [9.17, 15) is 0 Å². The van der Waals surface area contributed by atoms with E-state index < -0.39 is 0 Å². The summed E-state index contributed by atoms with van der Waals surface area (Å²) in [4.78, 5) is 2.47. The maximum atomic E-state index is 3.83. The summed E-state index contributed by atoms with van der Waals surface area (Å²) < 4.78 is 0. The predicted octanol–water partition coefficient (Wildman–Crippen LogP) is 7.38. The van der Waals surface area contributed by atoms with Crippen LogP contribution in [0.15, 0.2) is 109 Å². The zero-order chi connectivity index (χ0) is 25.5. The standard InChI is InChI=1S/C33H34N4/c1-5-10-31-23(4)34-33-27-13-6-7-14-30(27)36-32(37(31)33)25-12-8-11-24(20-25)28-15-9-16-29(35-28)26-18-21(2)17-22(3)19-26/h5-20,29,32-36H,1-4H3/b10-5-. The molecular weight excluding hydrogens is 452 g/mol. The Morgan fingerprint density at radius 3 is 2.41 bits per heavy atom. The van der Waals surface area contributed by atoms with E-state index in [2.05, 4.69) is 146 Å². The van der Waals surface area contributed by atoms with Gasteiger partial charge in [-0.15, -0.1) is 0 Å². The van der Waals surface area contributed by atoms with Crippen LogP contribution in [-0.4, -0.2) is 4.90 Å². The van der Waals surface area contributed by atoms with Crippen molar-refractivity contribution in [2.24, 2.45) is 0 Å². The second-order valence-electron chi connectivity index (χ2n) is 10.2. The van der Waals surface area contributed by atoms with Crippen LogP contribution in [0.25, 0.3) is 5.70 Å². The summed E-state index contributed by atoms with van der Waals surface area (Å²) in [6.07, 6.45) is 11.0. The minimum atomic E-state index is 0.00551. The number of hydrogen-bond acceptors (Lipinski definition) is 4. The average molecular weight is 487 g/mol. The van der Waals surface area contributed by atoms with E-state index in [0.29, 0.717) is 0 Å². The SMILES string of the molecule is C/C=C\C1=C(C)NC2c3ccccc3NC(c3cccc(C4=CC=CC(c5cc(C)cc(C)c5)N4)c3)N12. The van der Waals surface area contributed by atoms with Crippen LogP contribution in [0.5, 0.6) is 0 Å². The van der Waals surface area contributed by atoms with Crippen molar-refractivity contribution in [1.82, 2.24) is 15.5 Å². The minimum Gasteiger partial charge on any atom is -0.374 e. The van der Waals surface area contributed by atoms with Crippen LogP contribution in [0.1, 0.15) is 65.6 Å². The summed E-state index contributed by atoms with van der Waals surface area (Å²) in [6.45, 7) is 8.57. The van der Waals surface area contributed by atoms with Gasteiger partial charge in [-0.1, -0.05) is 84.0 Å². The molecule has 4 nitrogen and oxygen atoms in total.